The first-order valence-electron chi connectivity index (χ1n) is 5.26. The zero-order valence-electron chi connectivity index (χ0n) is 8.47. The van der Waals surface area contributed by atoms with Crippen molar-refractivity contribution < 1.29 is 4.74 Å². The van der Waals surface area contributed by atoms with Crippen molar-refractivity contribution in [2.75, 3.05) is 6.61 Å². The number of ether oxygens (including phenoxy) is 1. The van der Waals surface area contributed by atoms with E-state index in [1.165, 1.54) is 19.3 Å². The number of rotatable bonds is 1. The first-order chi connectivity index (χ1) is 5.62. The lowest BCUT2D eigenvalue weighted by molar-refractivity contribution is 0.114. The highest BCUT2D eigenvalue weighted by Crippen LogP contribution is 2.46. The molecule has 4 atom stereocenters. The Kier molecular flexibility index (Phi) is 1.95. The lowest BCUT2D eigenvalue weighted by Crippen LogP contribution is -2.32. The monoisotopic (exact) mass is 168 g/mol. The van der Waals surface area contributed by atoms with Gasteiger partial charge in [-0.15, -0.1) is 0 Å². The van der Waals surface area contributed by atoms with E-state index in [4.69, 9.17) is 4.74 Å². The van der Waals surface area contributed by atoms with Crippen molar-refractivity contribution in [3.63, 3.8) is 0 Å². The summed E-state index contributed by atoms with van der Waals surface area (Å²) in [6, 6.07) is 0. The van der Waals surface area contributed by atoms with Gasteiger partial charge < -0.3 is 4.74 Å². The number of hydrogen-bond acceptors (Lipinski definition) is 1. The molecule has 0 amide bonds. The largest absolute Gasteiger partial charge is 0.370 e. The van der Waals surface area contributed by atoms with Gasteiger partial charge in [-0.3, -0.25) is 0 Å². The van der Waals surface area contributed by atoms with E-state index in [0.29, 0.717) is 0 Å². The molecule has 0 aromatic heterocycles. The van der Waals surface area contributed by atoms with Crippen molar-refractivity contribution in [1.29, 1.82) is 0 Å². The molecule has 0 N–H and O–H groups in total. The van der Waals surface area contributed by atoms with Gasteiger partial charge in [0.15, 0.2) is 0 Å². The first kappa shape index (κ1) is 8.55. The number of hydrogen-bond donors (Lipinski definition) is 0. The van der Waals surface area contributed by atoms with Crippen LogP contribution in [0.1, 0.15) is 40.0 Å². The topological polar surface area (TPSA) is 12.5 Å². The summed E-state index contributed by atoms with van der Waals surface area (Å²) in [4.78, 5) is 0. The maximum absolute atomic E-state index is 5.54. The average molecular weight is 168 g/mol. The maximum Gasteiger partial charge on any atom is 0.0919 e. The highest BCUT2D eigenvalue weighted by molar-refractivity contribution is 4.97. The van der Waals surface area contributed by atoms with Gasteiger partial charge in [0.25, 0.3) is 0 Å². The Labute approximate surface area is 75.5 Å². The quantitative estimate of drug-likeness (QED) is 0.548. The van der Waals surface area contributed by atoms with Crippen LogP contribution in [0, 0.1) is 17.8 Å². The summed E-state index contributed by atoms with van der Waals surface area (Å²) < 4.78 is 5.54. The summed E-state index contributed by atoms with van der Waals surface area (Å²) in [6.45, 7) is 8.07. The fourth-order valence-corrected chi connectivity index (χ4v) is 2.90. The van der Waals surface area contributed by atoms with Gasteiger partial charge in [0.1, 0.15) is 0 Å². The molecule has 70 valence electrons. The zero-order valence-corrected chi connectivity index (χ0v) is 8.47. The fourth-order valence-electron chi connectivity index (χ4n) is 2.90. The smallest absolute Gasteiger partial charge is 0.0919 e. The Morgan fingerprint density at radius 3 is 2.42 bits per heavy atom. The summed E-state index contributed by atoms with van der Waals surface area (Å²) in [6.07, 6.45) is 4.20. The standard InChI is InChI=1S/C11H20O/c1-8-4-5-10(9(2)6-8)11(3)7-12-11/h8-10H,4-7H2,1-3H3. The van der Waals surface area contributed by atoms with Gasteiger partial charge in [-0.05, 0) is 37.5 Å². The van der Waals surface area contributed by atoms with E-state index >= 15 is 0 Å². The summed E-state index contributed by atoms with van der Waals surface area (Å²) in [5.74, 6) is 2.66. The predicted octanol–water partition coefficient (Wildman–Crippen LogP) is 2.85. The van der Waals surface area contributed by atoms with Gasteiger partial charge in [-0.25, -0.2) is 0 Å². The van der Waals surface area contributed by atoms with E-state index in [1.54, 1.807) is 0 Å². The average Bonchev–Trinajstić information content (AvgIpc) is 2.68. The Bertz CT molecular complexity index is 172. The van der Waals surface area contributed by atoms with Crippen LogP contribution in [0.2, 0.25) is 0 Å². The minimum Gasteiger partial charge on any atom is -0.370 e. The Morgan fingerprint density at radius 2 is 1.92 bits per heavy atom. The summed E-state index contributed by atoms with van der Waals surface area (Å²) in [5.41, 5.74) is 0.277. The third-order valence-electron chi connectivity index (χ3n) is 3.82. The summed E-state index contributed by atoms with van der Waals surface area (Å²) in [5, 5.41) is 0. The molecule has 0 bridgehead atoms. The van der Waals surface area contributed by atoms with Crippen LogP contribution in [0.3, 0.4) is 0 Å². The highest BCUT2D eigenvalue weighted by atomic mass is 16.6. The second-order valence-corrected chi connectivity index (χ2v) is 5.10. The Hall–Kier alpha value is -0.0400. The maximum atomic E-state index is 5.54. The minimum absolute atomic E-state index is 0.277. The third kappa shape index (κ3) is 1.39. The van der Waals surface area contributed by atoms with Gasteiger partial charge in [-0.1, -0.05) is 20.3 Å². The molecule has 1 nitrogen and oxygen atoms in total. The molecule has 2 fully saturated rings. The van der Waals surface area contributed by atoms with Gasteiger partial charge in [0, 0.05) is 0 Å². The first-order valence-corrected chi connectivity index (χ1v) is 5.26. The molecule has 0 spiro atoms. The van der Waals surface area contributed by atoms with Crippen LogP contribution in [0.4, 0.5) is 0 Å². The van der Waals surface area contributed by atoms with E-state index in [0.717, 1.165) is 24.4 Å². The second kappa shape index (κ2) is 2.73. The molecule has 12 heavy (non-hydrogen) atoms. The van der Waals surface area contributed by atoms with Gasteiger partial charge in [0.05, 0.1) is 12.2 Å². The van der Waals surface area contributed by atoms with Gasteiger partial charge in [0.2, 0.25) is 0 Å². The van der Waals surface area contributed by atoms with Crippen molar-refractivity contribution in [3.8, 4) is 0 Å². The normalized spacial score (nSPS) is 53.8. The molecule has 2 aliphatic rings. The van der Waals surface area contributed by atoms with Crippen molar-refractivity contribution in [2.45, 2.75) is 45.6 Å². The van der Waals surface area contributed by atoms with Crippen molar-refractivity contribution >= 4 is 0 Å². The third-order valence-corrected chi connectivity index (χ3v) is 3.82. The molecule has 1 heteroatoms. The molecule has 1 aliphatic heterocycles. The summed E-state index contributed by atoms with van der Waals surface area (Å²) >= 11 is 0. The SMILES string of the molecule is CC1CCC(C2(C)CO2)C(C)C1. The molecule has 0 aromatic rings. The second-order valence-electron chi connectivity index (χ2n) is 5.10. The Morgan fingerprint density at radius 1 is 1.25 bits per heavy atom. The van der Waals surface area contributed by atoms with Crippen molar-refractivity contribution in [2.24, 2.45) is 17.8 Å². The molecular weight excluding hydrogens is 148 g/mol. The molecule has 1 heterocycles. The van der Waals surface area contributed by atoms with Crippen LogP contribution in [0.25, 0.3) is 0 Å². The van der Waals surface area contributed by atoms with Gasteiger partial charge >= 0.3 is 0 Å². The highest BCUT2D eigenvalue weighted by Gasteiger charge is 2.49. The van der Waals surface area contributed by atoms with Crippen LogP contribution < -0.4 is 0 Å². The van der Waals surface area contributed by atoms with Crippen LogP contribution in [-0.2, 0) is 4.74 Å². The fraction of sp³-hybridized carbons (Fsp3) is 1.00. The van der Waals surface area contributed by atoms with E-state index < -0.39 is 0 Å². The van der Waals surface area contributed by atoms with Crippen LogP contribution in [0.15, 0.2) is 0 Å². The molecule has 2 rings (SSSR count). The zero-order chi connectivity index (χ0) is 8.77. The van der Waals surface area contributed by atoms with Crippen LogP contribution in [0.5, 0.6) is 0 Å². The van der Waals surface area contributed by atoms with Crippen molar-refractivity contribution in [1.82, 2.24) is 0 Å². The number of epoxide rings is 1. The lowest BCUT2D eigenvalue weighted by atomic mass is 9.70. The lowest BCUT2D eigenvalue weighted by Gasteiger charge is -2.35. The molecule has 0 aromatic carbocycles. The van der Waals surface area contributed by atoms with E-state index in [2.05, 4.69) is 20.8 Å². The minimum atomic E-state index is 0.277. The molecule has 1 aliphatic carbocycles. The predicted molar refractivity (Wildman–Crippen MR) is 50.0 cm³/mol. The molecule has 1 saturated carbocycles. The Balaban J connectivity index is 1.98. The van der Waals surface area contributed by atoms with E-state index in [1.807, 2.05) is 0 Å². The van der Waals surface area contributed by atoms with Crippen molar-refractivity contribution in [3.05, 3.63) is 0 Å². The van der Waals surface area contributed by atoms with Crippen LogP contribution in [-0.4, -0.2) is 12.2 Å². The van der Waals surface area contributed by atoms with E-state index in [-0.39, 0.29) is 5.60 Å². The molecule has 1 saturated heterocycles. The van der Waals surface area contributed by atoms with Gasteiger partial charge in [-0.2, -0.15) is 0 Å². The summed E-state index contributed by atoms with van der Waals surface area (Å²) in [7, 11) is 0. The molecular formula is C11H20O. The molecule has 4 unspecified atom stereocenters. The van der Waals surface area contributed by atoms with Crippen LogP contribution >= 0.6 is 0 Å². The molecule has 0 radical (unpaired) electrons. The van der Waals surface area contributed by atoms with E-state index in [9.17, 15) is 0 Å².